The van der Waals surface area contributed by atoms with Crippen molar-refractivity contribution in [2.45, 2.75) is 13.0 Å². The Kier molecular flexibility index (Phi) is 8.27. The zero-order valence-corrected chi connectivity index (χ0v) is 19.6. The quantitative estimate of drug-likeness (QED) is 0.469. The van der Waals surface area contributed by atoms with Gasteiger partial charge in [0.1, 0.15) is 12.4 Å². The minimum absolute atomic E-state index is 0.0159. The van der Waals surface area contributed by atoms with Crippen LogP contribution in [0.4, 0.5) is 8.78 Å². The Morgan fingerprint density at radius 3 is 2.54 bits per heavy atom. The molecule has 0 unspecified atom stereocenters. The maximum absolute atomic E-state index is 14.6. The van der Waals surface area contributed by atoms with Crippen LogP contribution in [0.1, 0.15) is 11.1 Å². The molecule has 0 spiro atoms. The third-order valence-electron chi connectivity index (χ3n) is 5.84. The number of ether oxygens (including phenoxy) is 1. The lowest BCUT2D eigenvalue weighted by molar-refractivity contribution is -0.120. The molecule has 35 heavy (non-hydrogen) atoms. The summed E-state index contributed by atoms with van der Waals surface area (Å²) < 4.78 is 33.3. The fourth-order valence-electron chi connectivity index (χ4n) is 3.75. The summed E-state index contributed by atoms with van der Waals surface area (Å²) in [7, 11) is 2.10. The van der Waals surface area contributed by atoms with Crippen molar-refractivity contribution in [2.24, 2.45) is 0 Å². The van der Waals surface area contributed by atoms with Gasteiger partial charge in [0, 0.05) is 51.7 Å². The Balaban J connectivity index is 1.26. The molecule has 1 saturated heterocycles. The van der Waals surface area contributed by atoms with Crippen molar-refractivity contribution >= 4 is 5.91 Å². The first-order chi connectivity index (χ1) is 17.0. The average molecular weight is 483 g/mol. The van der Waals surface area contributed by atoms with Gasteiger partial charge in [-0.15, -0.1) is 0 Å². The summed E-state index contributed by atoms with van der Waals surface area (Å²) in [4.78, 5) is 28.5. The van der Waals surface area contributed by atoms with E-state index in [9.17, 15) is 13.6 Å². The largest absolute Gasteiger partial charge is 0.462 e. The molecular weight excluding hydrogens is 454 g/mol. The SMILES string of the molecule is CN1CCN(CCOc2ncc(-c3ccc(CC(=O)NCc4cncc(F)c4)cc3)c(F)n2)CC1. The fourth-order valence-corrected chi connectivity index (χ4v) is 3.75. The minimum Gasteiger partial charge on any atom is -0.462 e. The molecule has 0 atom stereocenters. The summed E-state index contributed by atoms with van der Waals surface area (Å²) in [5.74, 6) is -1.33. The van der Waals surface area contributed by atoms with Crippen LogP contribution in [0, 0.1) is 11.8 Å². The monoisotopic (exact) mass is 482 g/mol. The summed E-state index contributed by atoms with van der Waals surface area (Å²) in [5, 5.41) is 2.73. The maximum Gasteiger partial charge on any atom is 0.319 e. The summed E-state index contributed by atoms with van der Waals surface area (Å²) in [6.07, 6.45) is 4.15. The van der Waals surface area contributed by atoms with E-state index in [1.54, 1.807) is 24.3 Å². The Bertz CT molecular complexity index is 1140. The lowest BCUT2D eigenvalue weighted by atomic mass is 10.0. The van der Waals surface area contributed by atoms with Gasteiger partial charge >= 0.3 is 6.01 Å². The van der Waals surface area contributed by atoms with Crippen molar-refractivity contribution in [1.29, 1.82) is 0 Å². The molecule has 3 aromatic rings. The summed E-state index contributed by atoms with van der Waals surface area (Å²) in [5.41, 5.74) is 2.19. The van der Waals surface area contributed by atoms with Crippen LogP contribution < -0.4 is 10.1 Å². The van der Waals surface area contributed by atoms with Gasteiger partial charge in [0.05, 0.1) is 18.2 Å². The van der Waals surface area contributed by atoms with Gasteiger partial charge < -0.3 is 15.0 Å². The molecule has 0 radical (unpaired) electrons. The predicted molar refractivity (Wildman–Crippen MR) is 127 cm³/mol. The zero-order chi connectivity index (χ0) is 24.6. The van der Waals surface area contributed by atoms with E-state index < -0.39 is 11.8 Å². The van der Waals surface area contributed by atoms with Crippen LogP contribution in [0.5, 0.6) is 6.01 Å². The fraction of sp³-hybridized carbons (Fsp3) is 0.360. The van der Waals surface area contributed by atoms with Gasteiger partial charge in [0.15, 0.2) is 0 Å². The van der Waals surface area contributed by atoms with Gasteiger partial charge in [-0.1, -0.05) is 24.3 Å². The zero-order valence-electron chi connectivity index (χ0n) is 19.6. The Morgan fingerprint density at radius 1 is 1.06 bits per heavy atom. The molecule has 1 aliphatic heterocycles. The number of halogens is 2. The second-order valence-corrected chi connectivity index (χ2v) is 8.51. The molecule has 1 amide bonds. The highest BCUT2D eigenvalue weighted by atomic mass is 19.1. The molecule has 10 heteroatoms. The van der Waals surface area contributed by atoms with Crippen LogP contribution in [-0.2, 0) is 17.8 Å². The third-order valence-corrected chi connectivity index (χ3v) is 5.84. The Hall–Kier alpha value is -3.50. The van der Waals surface area contributed by atoms with Gasteiger partial charge in [-0.05, 0) is 29.8 Å². The molecule has 1 aliphatic rings. The van der Waals surface area contributed by atoms with Gasteiger partial charge in [-0.2, -0.15) is 9.37 Å². The Morgan fingerprint density at radius 2 is 1.83 bits per heavy atom. The summed E-state index contributed by atoms with van der Waals surface area (Å²) in [6.45, 7) is 5.34. The standard InChI is InChI=1S/C25H28F2N6O2/c1-32-6-8-33(9-7-32)10-11-35-25-30-17-22(24(27)31-25)20-4-2-18(3-5-20)13-23(34)29-15-19-12-21(26)16-28-14-19/h2-5,12,14,16-17H,6-11,13,15H2,1H3,(H,29,34). The van der Waals surface area contributed by atoms with Gasteiger partial charge in [0.2, 0.25) is 11.9 Å². The first-order valence-corrected chi connectivity index (χ1v) is 11.5. The number of amides is 1. The molecular formula is C25H28F2N6O2. The highest BCUT2D eigenvalue weighted by molar-refractivity contribution is 5.78. The maximum atomic E-state index is 14.6. The van der Waals surface area contributed by atoms with E-state index in [4.69, 9.17) is 4.74 Å². The highest BCUT2D eigenvalue weighted by Crippen LogP contribution is 2.23. The molecule has 2 aromatic heterocycles. The second-order valence-electron chi connectivity index (χ2n) is 8.51. The number of nitrogens with one attached hydrogen (secondary N) is 1. The number of hydrogen-bond donors (Lipinski definition) is 1. The smallest absolute Gasteiger partial charge is 0.319 e. The van der Waals surface area contributed by atoms with Crippen LogP contribution in [-0.4, -0.2) is 77.0 Å². The molecule has 184 valence electrons. The van der Waals surface area contributed by atoms with Crippen molar-refractivity contribution in [3.05, 3.63) is 71.8 Å². The number of aromatic nitrogens is 3. The molecule has 4 rings (SSSR count). The van der Waals surface area contributed by atoms with E-state index in [-0.39, 0.29) is 30.4 Å². The number of pyridine rings is 1. The lowest BCUT2D eigenvalue weighted by Gasteiger charge is -2.31. The van der Waals surface area contributed by atoms with Gasteiger partial charge in [-0.25, -0.2) is 9.37 Å². The molecule has 1 N–H and O–H groups in total. The van der Waals surface area contributed by atoms with Gasteiger partial charge in [0.25, 0.3) is 0 Å². The number of carbonyl (C=O) groups is 1. The normalized spacial score (nSPS) is 14.6. The van der Waals surface area contributed by atoms with Gasteiger partial charge in [-0.3, -0.25) is 14.7 Å². The molecule has 8 nitrogen and oxygen atoms in total. The van der Waals surface area contributed by atoms with E-state index >= 15 is 0 Å². The number of hydrogen-bond acceptors (Lipinski definition) is 7. The van der Waals surface area contributed by atoms with Crippen LogP contribution in [0.3, 0.4) is 0 Å². The number of rotatable bonds is 9. The minimum atomic E-state index is -0.663. The topological polar surface area (TPSA) is 83.5 Å². The number of piperazine rings is 1. The molecule has 0 saturated carbocycles. The molecule has 1 aromatic carbocycles. The van der Waals surface area contributed by atoms with Crippen molar-refractivity contribution in [3.63, 3.8) is 0 Å². The number of nitrogens with zero attached hydrogens (tertiary/aromatic N) is 5. The van der Waals surface area contributed by atoms with E-state index in [1.165, 1.54) is 18.5 Å². The molecule has 1 fully saturated rings. The molecule has 3 heterocycles. The van der Waals surface area contributed by atoms with E-state index in [2.05, 4.69) is 37.1 Å². The first kappa shape index (κ1) is 24.6. The third kappa shape index (κ3) is 7.24. The number of carbonyl (C=O) groups excluding carboxylic acids is 1. The van der Waals surface area contributed by atoms with Crippen molar-refractivity contribution < 1.29 is 18.3 Å². The van der Waals surface area contributed by atoms with Crippen molar-refractivity contribution in [1.82, 2.24) is 30.1 Å². The number of likely N-dealkylation sites (N-methyl/N-ethyl adjacent to an activating group) is 1. The van der Waals surface area contributed by atoms with Crippen LogP contribution in [0.15, 0.2) is 48.9 Å². The van der Waals surface area contributed by atoms with Crippen molar-refractivity contribution in [3.8, 4) is 17.1 Å². The predicted octanol–water partition coefficient (Wildman–Crippen LogP) is 2.30. The van der Waals surface area contributed by atoms with Crippen LogP contribution in [0.2, 0.25) is 0 Å². The van der Waals surface area contributed by atoms with E-state index in [1.807, 2.05) is 0 Å². The Labute approximate surface area is 203 Å². The van der Waals surface area contributed by atoms with Crippen LogP contribution in [0.25, 0.3) is 11.1 Å². The summed E-state index contributed by atoms with van der Waals surface area (Å²) >= 11 is 0. The van der Waals surface area contributed by atoms with Crippen LogP contribution >= 0.6 is 0 Å². The highest BCUT2D eigenvalue weighted by Gasteiger charge is 2.15. The first-order valence-electron chi connectivity index (χ1n) is 11.5. The van der Waals surface area contributed by atoms with E-state index in [0.29, 0.717) is 17.7 Å². The average Bonchev–Trinajstić information content (AvgIpc) is 2.85. The molecule has 0 bridgehead atoms. The number of benzene rings is 1. The summed E-state index contributed by atoms with van der Waals surface area (Å²) in [6, 6.07) is 8.27. The molecule has 0 aliphatic carbocycles. The van der Waals surface area contributed by atoms with Crippen molar-refractivity contribution in [2.75, 3.05) is 46.4 Å². The lowest BCUT2D eigenvalue weighted by Crippen LogP contribution is -2.45. The van der Waals surface area contributed by atoms with E-state index in [0.717, 1.165) is 44.5 Å². The second kappa shape index (κ2) is 11.8.